The van der Waals surface area contributed by atoms with Crippen molar-refractivity contribution in [2.45, 2.75) is 19.4 Å². The van der Waals surface area contributed by atoms with Crippen LogP contribution in [0.4, 0.5) is 11.4 Å². The average Bonchev–Trinajstić information content (AvgIpc) is 2.82. The molecule has 6 heteroatoms. The summed E-state index contributed by atoms with van der Waals surface area (Å²) in [6.45, 7) is 0.990. The molecule has 0 aliphatic rings. The zero-order valence-corrected chi connectivity index (χ0v) is 19.5. The van der Waals surface area contributed by atoms with E-state index in [1.54, 1.807) is 24.5 Å². The molecule has 0 saturated heterocycles. The molecular formula is C26H30Cl2N4. The van der Waals surface area contributed by atoms with Crippen LogP contribution in [-0.4, -0.2) is 10.9 Å². The minimum Gasteiger partial charge on any atom is -1.00 e. The van der Waals surface area contributed by atoms with Crippen LogP contribution in [0.25, 0.3) is 0 Å². The smallest absolute Gasteiger partial charge is 0.170 e. The van der Waals surface area contributed by atoms with E-state index < -0.39 is 0 Å². The van der Waals surface area contributed by atoms with Crippen LogP contribution >= 0.6 is 11.6 Å². The molecule has 4 rings (SSSR count). The zero-order chi connectivity index (χ0) is 22.2. The van der Waals surface area contributed by atoms with E-state index in [-0.39, 0.29) is 12.4 Å². The molecular weight excluding hydrogens is 439 g/mol. The number of aryl methyl sites for hydroxylation is 3. The number of hydrogen-bond acceptors (Lipinski definition) is 3. The van der Waals surface area contributed by atoms with Crippen LogP contribution in [0.2, 0.25) is 0 Å². The van der Waals surface area contributed by atoms with Gasteiger partial charge in [-0.1, -0.05) is 60.7 Å². The highest BCUT2D eigenvalue weighted by atomic mass is 35.5. The molecule has 0 radical (unpaired) electrons. The minimum absolute atomic E-state index is 0. The fraction of sp³-hybridized carbons (Fsp3) is 0.154. The molecule has 0 fully saturated rings. The highest BCUT2D eigenvalue weighted by molar-refractivity contribution is 6.17. The van der Waals surface area contributed by atoms with Gasteiger partial charge in [-0.25, -0.2) is 4.57 Å². The maximum atomic E-state index is 5.62. The summed E-state index contributed by atoms with van der Waals surface area (Å²) in [7, 11) is 0. The Hall–Kier alpha value is -3.08. The Labute approximate surface area is 202 Å². The third-order valence-electron chi connectivity index (χ3n) is 4.35. The van der Waals surface area contributed by atoms with Gasteiger partial charge in [0.2, 0.25) is 0 Å². The van der Waals surface area contributed by atoms with E-state index in [2.05, 4.69) is 45.9 Å². The summed E-state index contributed by atoms with van der Waals surface area (Å²) in [5.41, 5.74) is 15.2. The highest BCUT2D eigenvalue weighted by Gasteiger charge is 2.00. The molecule has 0 amide bonds. The first-order valence-corrected chi connectivity index (χ1v) is 10.7. The molecule has 0 unspecified atom stereocenters. The third kappa shape index (κ3) is 11.9. The fourth-order valence-electron chi connectivity index (χ4n) is 2.64. The van der Waals surface area contributed by atoms with Gasteiger partial charge in [-0.05, 0) is 29.7 Å². The molecule has 4 aromatic rings. The summed E-state index contributed by atoms with van der Waals surface area (Å²) in [5, 5.41) is 0. The number of aromatic nitrogens is 2. The summed E-state index contributed by atoms with van der Waals surface area (Å²) < 4.78 is 2.14. The van der Waals surface area contributed by atoms with E-state index >= 15 is 0 Å². The largest absolute Gasteiger partial charge is 1.00 e. The number of nitrogens with zero attached hydrogens (tertiary/aromatic N) is 2. The van der Waals surface area contributed by atoms with Crippen LogP contribution in [0.5, 0.6) is 0 Å². The number of pyridine rings is 2. The summed E-state index contributed by atoms with van der Waals surface area (Å²) in [4.78, 5) is 3.77. The monoisotopic (exact) mass is 468 g/mol. The normalized spacial score (nSPS) is 9.28. The molecule has 32 heavy (non-hydrogen) atoms. The number of halogens is 2. The number of rotatable bonds is 5. The lowest BCUT2D eigenvalue weighted by Crippen LogP contribution is -3.00. The molecule has 0 spiro atoms. The second kappa shape index (κ2) is 16.6. The summed E-state index contributed by atoms with van der Waals surface area (Å²) in [5.74, 6) is 0.712. The van der Waals surface area contributed by atoms with Gasteiger partial charge in [0.15, 0.2) is 18.9 Å². The van der Waals surface area contributed by atoms with Crippen molar-refractivity contribution in [1.82, 2.24) is 4.98 Å². The van der Waals surface area contributed by atoms with Gasteiger partial charge in [0.05, 0.1) is 0 Å². The van der Waals surface area contributed by atoms with E-state index in [4.69, 9.17) is 23.1 Å². The minimum atomic E-state index is 0. The van der Waals surface area contributed by atoms with Crippen LogP contribution in [0, 0.1) is 0 Å². The van der Waals surface area contributed by atoms with Crippen molar-refractivity contribution in [2.75, 3.05) is 17.3 Å². The van der Waals surface area contributed by atoms with Gasteiger partial charge in [-0.2, -0.15) is 0 Å². The lowest BCUT2D eigenvalue weighted by atomic mass is 10.1. The van der Waals surface area contributed by atoms with Gasteiger partial charge in [-0.15, -0.1) is 11.6 Å². The van der Waals surface area contributed by atoms with Crippen LogP contribution in [0.1, 0.15) is 11.1 Å². The predicted octanol–water partition coefficient (Wildman–Crippen LogP) is 1.93. The van der Waals surface area contributed by atoms with Crippen molar-refractivity contribution in [1.29, 1.82) is 0 Å². The first kappa shape index (κ1) is 27.0. The predicted molar refractivity (Wildman–Crippen MR) is 131 cm³/mol. The van der Waals surface area contributed by atoms with Crippen molar-refractivity contribution in [2.24, 2.45) is 0 Å². The lowest BCUT2D eigenvalue weighted by Gasteiger charge is -1.98. The fourth-order valence-corrected chi connectivity index (χ4v) is 2.86. The van der Waals surface area contributed by atoms with Gasteiger partial charge in [0.1, 0.15) is 0 Å². The van der Waals surface area contributed by atoms with Crippen LogP contribution < -0.4 is 28.4 Å². The molecule has 2 aromatic heterocycles. The number of nitrogens with two attached hydrogens (primary N) is 2. The Balaban J connectivity index is 0.000000258. The molecule has 0 saturated carbocycles. The molecule has 0 aliphatic carbocycles. The lowest BCUT2D eigenvalue weighted by molar-refractivity contribution is -0.696. The summed E-state index contributed by atoms with van der Waals surface area (Å²) >= 11 is 5.54. The first-order valence-electron chi connectivity index (χ1n) is 10.2. The van der Waals surface area contributed by atoms with Crippen molar-refractivity contribution >= 4 is 23.0 Å². The van der Waals surface area contributed by atoms with E-state index in [9.17, 15) is 0 Å². The number of hydrogen-bond donors (Lipinski definition) is 2. The Morgan fingerprint density at radius 1 is 0.656 bits per heavy atom. The number of nitrogen functional groups attached to an aromatic ring is 2. The van der Waals surface area contributed by atoms with Crippen LogP contribution in [0.15, 0.2) is 110 Å². The van der Waals surface area contributed by atoms with Crippen molar-refractivity contribution in [3.8, 4) is 0 Å². The Morgan fingerprint density at radius 2 is 1.12 bits per heavy atom. The summed E-state index contributed by atoms with van der Waals surface area (Å²) in [6.07, 6.45) is 9.37. The average molecular weight is 469 g/mol. The highest BCUT2D eigenvalue weighted by Crippen LogP contribution is 2.00. The second-order valence-electron chi connectivity index (χ2n) is 6.81. The SMILES string of the molecule is ClCCc1ccccc1.Nc1cc[n+](CCc2ccccc2)cc1.Nc1ccncc1.[Cl-]. The van der Waals surface area contributed by atoms with Gasteiger partial charge >= 0.3 is 0 Å². The van der Waals surface area contributed by atoms with E-state index in [1.807, 2.05) is 48.8 Å². The molecule has 4 N–H and O–H groups in total. The Morgan fingerprint density at radius 3 is 1.56 bits per heavy atom. The maximum absolute atomic E-state index is 5.62. The number of benzene rings is 2. The standard InChI is InChI=1S/C13H14N2.C8H9Cl.C5H6N2.ClH/c14-13-7-10-15(11-8-13)9-6-12-4-2-1-3-5-12;9-7-6-8-4-2-1-3-5-8;6-5-1-3-7-4-2-5;/h1-5,7-8,10-11,14H,6,9H2;1-5H,6-7H2;1-4H,(H2,6,7);1H. The van der Waals surface area contributed by atoms with Crippen molar-refractivity contribution < 1.29 is 17.0 Å². The second-order valence-corrected chi connectivity index (χ2v) is 7.19. The molecule has 2 heterocycles. The summed E-state index contributed by atoms with van der Waals surface area (Å²) in [6, 6.07) is 28.1. The molecule has 4 nitrogen and oxygen atoms in total. The topological polar surface area (TPSA) is 68.8 Å². The molecule has 0 atom stereocenters. The van der Waals surface area contributed by atoms with Gasteiger partial charge in [0.25, 0.3) is 0 Å². The first-order chi connectivity index (χ1) is 15.2. The number of anilines is 2. The number of alkyl halides is 1. The molecule has 168 valence electrons. The van der Waals surface area contributed by atoms with Crippen molar-refractivity contribution in [3.63, 3.8) is 0 Å². The van der Waals surface area contributed by atoms with Gasteiger partial charge in [-0.3, -0.25) is 4.98 Å². The van der Waals surface area contributed by atoms with Gasteiger partial charge in [0, 0.05) is 48.2 Å². The van der Waals surface area contributed by atoms with E-state index in [0.29, 0.717) is 5.88 Å². The van der Waals surface area contributed by atoms with Crippen LogP contribution in [0.3, 0.4) is 0 Å². The zero-order valence-electron chi connectivity index (χ0n) is 18.0. The van der Waals surface area contributed by atoms with E-state index in [0.717, 1.165) is 30.8 Å². The molecule has 0 aliphatic heterocycles. The van der Waals surface area contributed by atoms with E-state index in [1.165, 1.54) is 11.1 Å². The van der Waals surface area contributed by atoms with Crippen LogP contribution in [-0.2, 0) is 19.4 Å². The Kier molecular flexibility index (Phi) is 14.0. The van der Waals surface area contributed by atoms with Gasteiger partial charge < -0.3 is 23.9 Å². The maximum Gasteiger partial charge on any atom is 0.170 e. The quantitative estimate of drug-likeness (QED) is 0.347. The van der Waals surface area contributed by atoms with Crippen molar-refractivity contribution in [3.05, 3.63) is 121 Å². The molecule has 0 bridgehead atoms. The molecule has 2 aromatic carbocycles. The Bertz CT molecular complexity index is 951. The third-order valence-corrected chi connectivity index (χ3v) is 4.54.